The largest absolute Gasteiger partial charge is 0.492 e. The highest BCUT2D eigenvalue weighted by Crippen LogP contribution is 2.43. The van der Waals surface area contributed by atoms with Gasteiger partial charge < -0.3 is 20.2 Å². The molecule has 2 bridgehead atoms. The Morgan fingerprint density at radius 1 is 0.894 bits per heavy atom. The lowest BCUT2D eigenvalue weighted by Crippen LogP contribution is -2.62. The third kappa shape index (κ3) is 6.69. The molecule has 3 aliphatic rings. The van der Waals surface area contributed by atoms with Gasteiger partial charge in [0.2, 0.25) is 6.04 Å². The number of piperidine rings is 1. The molecule has 3 aromatic rings. The predicted molar refractivity (Wildman–Crippen MR) is 161 cm³/mol. The van der Waals surface area contributed by atoms with Crippen molar-refractivity contribution in [1.29, 1.82) is 0 Å². The molecule has 2 N–H and O–H groups in total. The van der Waals surface area contributed by atoms with Gasteiger partial charge in [0.05, 0.1) is 11.0 Å². The van der Waals surface area contributed by atoms with Crippen LogP contribution in [-0.4, -0.2) is 66.1 Å². The number of nitrogens with zero attached hydrogens (tertiary/aromatic N) is 2. The second-order valence-corrected chi connectivity index (χ2v) is 14.7. The molecule has 47 heavy (non-hydrogen) atoms. The number of alkyl halides is 5. The SMILES string of the molecule is NC1CC2CCC(C1)N2C(=O)[C@H](N(OC(=O)C(F)(F)F)S(=O)(=O)c1ccc2cc(OC3CC3)ccc2c1)C(F)(F)c1ccc(Br)cc1. The molecule has 252 valence electrons. The fourth-order valence-electron chi connectivity index (χ4n) is 6.22. The first-order valence-corrected chi connectivity index (χ1v) is 17.0. The Bertz CT molecular complexity index is 1790. The fraction of sp³-hybridized carbons (Fsp3) is 0.419. The van der Waals surface area contributed by atoms with Crippen molar-refractivity contribution >= 4 is 48.6 Å². The second-order valence-electron chi connectivity index (χ2n) is 12.0. The molecular formula is C31H29BrF5N3O6S. The molecule has 16 heteroatoms. The van der Waals surface area contributed by atoms with Crippen LogP contribution in [-0.2, 0) is 30.4 Å². The van der Waals surface area contributed by atoms with Crippen LogP contribution in [0.5, 0.6) is 5.75 Å². The Hall–Kier alpha value is -3.34. The number of carbonyl (C=O) groups excluding carboxylic acids is 2. The van der Waals surface area contributed by atoms with Crippen LogP contribution in [0.3, 0.4) is 0 Å². The van der Waals surface area contributed by atoms with Gasteiger partial charge in [-0.25, -0.2) is 13.2 Å². The molecule has 1 saturated carbocycles. The maximum absolute atomic E-state index is 16.7. The molecule has 1 amide bonds. The van der Waals surface area contributed by atoms with Crippen molar-refractivity contribution in [3.8, 4) is 5.75 Å². The highest BCUT2D eigenvalue weighted by Gasteiger charge is 2.60. The van der Waals surface area contributed by atoms with E-state index in [1.165, 1.54) is 24.3 Å². The van der Waals surface area contributed by atoms with Gasteiger partial charge in [-0.15, -0.1) is 0 Å². The number of benzene rings is 3. The van der Waals surface area contributed by atoms with Gasteiger partial charge in [-0.2, -0.15) is 22.0 Å². The number of halogens is 6. The summed E-state index contributed by atoms with van der Waals surface area (Å²) in [6, 6.07) is 7.19. The van der Waals surface area contributed by atoms with Gasteiger partial charge in [-0.1, -0.05) is 40.2 Å². The molecule has 6 rings (SSSR count). The van der Waals surface area contributed by atoms with Gasteiger partial charge >= 0.3 is 18.1 Å². The molecule has 0 radical (unpaired) electrons. The topological polar surface area (TPSA) is 119 Å². The molecule has 9 nitrogen and oxygen atoms in total. The Morgan fingerprint density at radius 3 is 2.09 bits per heavy atom. The predicted octanol–water partition coefficient (Wildman–Crippen LogP) is 5.80. The monoisotopic (exact) mass is 745 g/mol. The minimum atomic E-state index is -5.80. The van der Waals surface area contributed by atoms with Crippen molar-refractivity contribution in [3.05, 3.63) is 70.7 Å². The highest BCUT2D eigenvalue weighted by molar-refractivity contribution is 9.10. The van der Waals surface area contributed by atoms with Crippen molar-refractivity contribution in [3.63, 3.8) is 0 Å². The molecule has 3 fully saturated rings. The van der Waals surface area contributed by atoms with E-state index in [1.54, 1.807) is 12.1 Å². The zero-order valence-corrected chi connectivity index (χ0v) is 26.9. The molecule has 0 aromatic heterocycles. The third-order valence-electron chi connectivity index (χ3n) is 8.59. The first-order valence-electron chi connectivity index (χ1n) is 14.8. The van der Waals surface area contributed by atoms with Gasteiger partial charge in [-0.05, 0) is 90.2 Å². The number of ether oxygens (including phenoxy) is 1. The minimum absolute atomic E-state index is 0.0664. The lowest BCUT2D eigenvalue weighted by molar-refractivity contribution is -0.240. The van der Waals surface area contributed by atoms with Gasteiger partial charge in [0.1, 0.15) is 5.75 Å². The molecule has 2 aliphatic heterocycles. The summed E-state index contributed by atoms with van der Waals surface area (Å²) in [7, 11) is -5.58. The number of hydroxylamine groups is 1. The number of fused-ring (bicyclic) bond motifs is 3. The molecule has 2 unspecified atom stereocenters. The summed E-state index contributed by atoms with van der Waals surface area (Å²) in [6.07, 6.45) is -2.80. The van der Waals surface area contributed by atoms with Crippen LogP contribution in [0.4, 0.5) is 22.0 Å². The first kappa shape index (κ1) is 33.6. The second kappa shape index (κ2) is 12.3. The van der Waals surface area contributed by atoms with E-state index in [-0.39, 0.29) is 30.4 Å². The summed E-state index contributed by atoms with van der Waals surface area (Å²) in [5.41, 5.74) is 5.19. The number of hydrogen-bond donors (Lipinski definition) is 1. The fourth-order valence-corrected chi connectivity index (χ4v) is 7.87. The summed E-state index contributed by atoms with van der Waals surface area (Å²) in [6.45, 7) is 0. The summed E-state index contributed by atoms with van der Waals surface area (Å²) in [4.78, 5) is 31.1. The van der Waals surface area contributed by atoms with Crippen LogP contribution in [0.2, 0.25) is 0 Å². The van der Waals surface area contributed by atoms with Crippen LogP contribution < -0.4 is 10.5 Å². The van der Waals surface area contributed by atoms with Crippen LogP contribution in [0.1, 0.15) is 44.1 Å². The Labute approximate surface area is 274 Å². The van der Waals surface area contributed by atoms with E-state index in [0.29, 0.717) is 28.5 Å². The molecule has 2 heterocycles. The van der Waals surface area contributed by atoms with Crippen molar-refractivity contribution in [2.45, 2.75) is 85.8 Å². The quantitative estimate of drug-likeness (QED) is 0.218. The molecule has 2 saturated heterocycles. The lowest BCUT2D eigenvalue weighted by Gasteiger charge is -2.42. The van der Waals surface area contributed by atoms with Crippen LogP contribution >= 0.6 is 15.9 Å². The maximum Gasteiger partial charge on any atom is 0.492 e. The standard InChI is InChI=1S/C31H29BrF5N3O6S/c32-20-5-3-19(4-6-20)30(33,34)27(28(41)39-22-7-8-23(39)16-21(38)15-22)40(46-29(42)31(35,36)37)47(43,44)26-12-2-17-13-25(45-24-10-11-24)9-1-18(17)14-26/h1-6,9,12-14,21-24,27H,7-8,10-11,15-16,38H2/t21?,22?,23?,27-/m0/s1. The van der Waals surface area contributed by atoms with Crippen molar-refractivity contribution in [2.75, 3.05) is 0 Å². The van der Waals surface area contributed by atoms with Crippen molar-refractivity contribution in [1.82, 2.24) is 9.37 Å². The Morgan fingerprint density at radius 2 is 1.49 bits per heavy atom. The molecule has 1 aliphatic carbocycles. The summed E-state index contributed by atoms with van der Waals surface area (Å²) in [5, 5.41) is 0.747. The summed E-state index contributed by atoms with van der Waals surface area (Å²) < 4.78 is 108. The summed E-state index contributed by atoms with van der Waals surface area (Å²) >= 11 is 3.11. The zero-order chi connectivity index (χ0) is 33.9. The van der Waals surface area contributed by atoms with Crippen molar-refractivity contribution < 1.29 is 49.5 Å². The minimum Gasteiger partial charge on any atom is -0.490 e. The smallest absolute Gasteiger partial charge is 0.490 e. The number of amides is 1. The van der Waals surface area contributed by atoms with Crippen LogP contribution in [0, 0.1) is 0 Å². The van der Waals surface area contributed by atoms with E-state index in [2.05, 4.69) is 20.8 Å². The number of carbonyl (C=O) groups is 2. The number of hydrogen-bond acceptors (Lipinski definition) is 7. The van der Waals surface area contributed by atoms with Gasteiger partial charge in [-0.3, -0.25) is 4.79 Å². The average Bonchev–Trinajstić information content (AvgIpc) is 3.77. The van der Waals surface area contributed by atoms with Gasteiger partial charge in [0.15, 0.2) is 0 Å². The first-order chi connectivity index (χ1) is 22.1. The zero-order valence-electron chi connectivity index (χ0n) is 24.5. The molecule has 3 aromatic carbocycles. The van der Waals surface area contributed by atoms with E-state index in [0.717, 1.165) is 42.0 Å². The number of nitrogens with two attached hydrogens (primary N) is 1. The lowest BCUT2D eigenvalue weighted by atomic mass is 9.94. The van der Waals surface area contributed by atoms with E-state index >= 15 is 8.78 Å². The van der Waals surface area contributed by atoms with Gasteiger partial charge in [0, 0.05) is 28.2 Å². The Kier molecular flexibility index (Phi) is 8.76. The van der Waals surface area contributed by atoms with Gasteiger partial charge in [0.25, 0.3) is 15.9 Å². The van der Waals surface area contributed by atoms with E-state index in [9.17, 15) is 31.2 Å². The van der Waals surface area contributed by atoms with E-state index in [1.807, 2.05) is 0 Å². The van der Waals surface area contributed by atoms with E-state index in [4.69, 9.17) is 10.5 Å². The molecule has 3 atom stereocenters. The molecule has 0 spiro atoms. The maximum atomic E-state index is 16.7. The third-order valence-corrected chi connectivity index (χ3v) is 10.7. The van der Waals surface area contributed by atoms with E-state index < -0.39 is 67.1 Å². The normalized spacial score (nSPS) is 22.4. The average molecular weight is 747 g/mol. The molecular weight excluding hydrogens is 717 g/mol. The Balaban J connectivity index is 1.48. The number of sulfonamides is 1. The summed E-state index contributed by atoms with van der Waals surface area (Å²) in [5.74, 6) is -8.61. The highest BCUT2D eigenvalue weighted by atomic mass is 79.9. The van der Waals surface area contributed by atoms with Crippen molar-refractivity contribution in [2.24, 2.45) is 5.73 Å². The van der Waals surface area contributed by atoms with Crippen LogP contribution in [0.25, 0.3) is 10.8 Å². The van der Waals surface area contributed by atoms with Crippen LogP contribution in [0.15, 0.2) is 70.0 Å². The number of rotatable bonds is 9.